The Morgan fingerprint density at radius 1 is 1.24 bits per heavy atom. The fraction of sp³-hybridized carbons (Fsp3) is 0.500. The van der Waals surface area contributed by atoms with E-state index in [0.29, 0.717) is 12.6 Å². The van der Waals surface area contributed by atoms with Crippen LogP contribution >= 0.6 is 0 Å². The maximum atomic E-state index is 9.91. The van der Waals surface area contributed by atoms with Gasteiger partial charge < -0.3 is 19.9 Å². The molecule has 2 aromatic heterocycles. The molecule has 0 aromatic carbocycles. The van der Waals surface area contributed by atoms with Crippen LogP contribution < -0.4 is 15.1 Å². The summed E-state index contributed by atoms with van der Waals surface area (Å²) < 4.78 is 5.11. The first-order chi connectivity index (χ1) is 14.2. The molecule has 0 spiro atoms. The largest absolute Gasteiger partial charge is 0.379 e. The lowest BCUT2D eigenvalue weighted by atomic mass is 10.1. The third-order valence-electron chi connectivity index (χ3n) is 5.91. The van der Waals surface area contributed by atoms with E-state index >= 15 is 0 Å². The van der Waals surface area contributed by atoms with Gasteiger partial charge in [-0.15, -0.1) is 0 Å². The van der Waals surface area contributed by atoms with Crippen molar-refractivity contribution >= 4 is 17.9 Å². The second-order valence-corrected chi connectivity index (χ2v) is 7.93. The van der Waals surface area contributed by atoms with Crippen molar-refractivity contribution in [2.75, 3.05) is 43.2 Å². The van der Waals surface area contributed by atoms with E-state index in [-0.39, 0.29) is 6.04 Å². The minimum atomic E-state index is 0.260. The SMILES string of the molecule is Cc1ccc(-c2ccc3c(n2)N(C)C2CCN3C2)cn1.O=CNC1CCCOC1. The standard InChI is InChI=1S/C16H18N4.C6H11NO2/c1-11-3-4-12(9-17-11)14-5-6-15-16(18-14)19(2)13-7-8-20(15)10-13;8-5-7-6-2-1-3-9-4-6/h3-6,9,13H,7-8,10H2,1-2H3;5-6H,1-4H2,(H,7,8). The Bertz CT molecular complexity index is 836. The predicted octanol–water partition coefficient (Wildman–Crippen LogP) is 2.39. The average molecular weight is 396 g/mol. The van der Waals surface area contributed by atoms with Crippen molar-refractivity contribution in [1.82, 2.24) is 15.3 Å². The van der Waals surface area contributed by atoms with E-state index in [0.717, 1.165) is 61.7 Å². The number of hydrogen-bond acceptors (Lipinski definition) is 6. The Labute approximate surface area is 172 Å². The van der Waals surface area contributed by atoms with Gasteiger partial charge in [0.25, 0.3) is 0 Å². The van der Waals surface area contributed by atoms with Crippen LogP contribution in [0.25, 0.3) is 11.3 Å². The van der Waals surface area contributed by atoms with Gasteiger partial charge in [-0.1, -0.05) is 0 Å². The highest BCUT2D eigenvalue weighted by Gasteiger charge is 2.34. The van der Waals surface area contributed by atoms with Crippen molar-refractivity contribution in [3.8, 4) is 11.3 Å². The molecule has 3 aliphatic rings. The van der Waals surface area contributed by atoms with Crippen LogP contribution in [0.15, 0.2) is 30.5 Å². The molecule has 29 heavy (non-hydrogen) atoms. The van der Waals surface area contributed by atoms with E-state index in [4.69, 9.17) is 9.72 Å². The molecule has 3 aliphatic heterocycles. The molecule has 1 amide bonds. The third kappa shape index (κ3) is 4.34. The number of aryl methyl sites for hydroxylation is 1. The summed E-state index contributed by atoms with van der Waals surface area (Å²) >= 11 is 0. The number of amides is 1. The molecule has 2 saturated heterocycles. The van der Waals surface area contributed by atoms with Gasteiger partial charge in [0.1, 0.15) is 0 Å². The van der Waals surface area contributed by atoms with E-state index in [1.54, 1.807) is 0 Å². The topological polar surface area (TPSA) is 70.6 Å². The molecule has 7 heteroatoms. The summed E-state index contributed by atoms with van der Waals surface area (Å²) in [5.41, 5.74) is 4.39. The van der Waals surface area contributed by atoms with Crippen molar-refractivity contribution in [2.24, 2.45) is 0 Å². The van der Waals surface area contributed by atoms with Gasteiger partial charge in [0, 0.05) is 50.2 Å². The number of likely N-dealkylation sites (N-methyl/N-ethyl adjacent to an activating group) is 1. The molecular weight excluding hydrogens is 366 g/mol. The number of nitrogens with one attached hydrogen (secondary N) is 1. The maximum Gasteiger partial charge on any atom is 0.207 e. The Kier molecular flexibility index (Phi) is 5.94. The summed E-state index contributed by atoms with van der Waals surface area (Å²) in [5, 5.41) is 2.68. The number of nitrogens with zero attached hydrogens (tertiary/aromatic N) is 4. The highest BCUT2D eigenvalue weighted by Crippen LogP contribution is 2.38. The summed E-state index contributed by atoms with van der Waals surface area (Å²) in [6, 6.07) is 9.31. The monoisotopic (exact) mass is 395 g/mol. The lowest BCUT2D eigenvalue weighted by molar-refractivity contribution is -0.111. The van der Waals surface area contributed by atoms with Gasteiger partial charge in [0.2, 0.25) is 6.41 Å². The smallest absolute Gasteiger partial charge is 0.207 e. The van der Waals surface area contributed by atoms with Crippen LogP contribution in [-0.2, 0) is 9.53 Å². The normalized spacial score (nSPS) is 22.4. The molecule has 2 bridgehead atoms. The number of fused-ring (bicyclic) bond motifs is 4. The quantitative estimate of drug-likeness (QED) is 0.805. The molecule has 0 aliphatic carbocycles. The number of ether oxygens (including phenoxy) is 1. The molecule has 2 atom stereocenters. The number of pyridine rings is 2. The van der Waals surface area contributed by atoms with Crippen molar-refractivity contribution in [3.63, 3.8) is 0 Å². The van der Waals surface area contributed by atoms with Gasteiger partial charge in [-0.3, -0.25) is 9.78 Å². The van der Waals surface area contributed by atoms with Crippen LogP contribution in [0.1, 0.15) is 25.0 Å². The van der Waals surface area contributed by atoms with E-state index in [1.807, 2.05) is 19.2 Å². The Morgan fingerprint density at radius 3 is 2.86 bits per heavy atom. The Morgan fingerprint density at radius 2 is 2.14 bits per heavy atom. The van der Waals surface area contributed by atoms with Crippen LogP contribution in [0, 0.1) is 6.92 Å². The molecule has 0 saturated carbocycles. The van der Waals surface area contributed by atoms with Crippen LogP contribution in [0.4, 0.5) is 11.5 Å². The second kappa shape index (κ2) is 8.78. The molecule has 2 fully saturated rings. The van der Waals surface area contributed by atoms with Crippen molar-refractivity contribution in [3.05, 3.63) is 36.2 Å². The Hall–Kier alpha value is -2.67. The van der Waals surface area contributed by atoms with E-state index in [1.165, 1.54) is 12.1 Å². The van der Waals surface area contributed by atoms with Gasteiger partial charge in [-0.2, -0.15) is 0 Å². The van der Waals surface area contributed by atoms with Gasteiger partial charge in [-0.05, 0) is 50.5 Å². The third-order valence-corrected chi connectivity index (χ3v) is 5.91. The van der Waals surface area contributed by atoms with Crippen LogP contribution in [0.5, 0.6) is 0 Å². The fourth-order valence-corrected chi connectivity index (χ4v) is 4.15. The van der Waals surface area contributed by atoms with Crippen molar-refractivity contribution in [1.29, 1.82) is 0 Å². The summed E-state index contributed by atoms with van der Waals surface area (Å²) in [6.45, 7) is 5.81. The molecule has 7 nitrogen and oxygen atoms in total. The summed E-state index contributed by atoms with van der Waals surface area (Å²) in [6.07, 6.45) is 5.99. The molecule has 5 heterocycles. The van der Waals surface area contributed by atoms with Gasteiger partial charge >= 0.3 is 0 Å². The molecule has 154 valence electrons. The maximum absolute atomic E-state index is 9.91. The lowest BCUT2D eigenvalue weighted by Crippen LogP contribution is -2.40. The molecular formula is C22H29N5O2. The van der Waals surface area contributed by atoms with Crippen LogP contribution in [0.2, 0.25) is 0 Å². The zero-order valence-corrected chi connectivity index (χ0v) is 17.2. The molecule has 1 N–H and O–H groups in total. The number of anilines is 2. The van der Waals surface area contributed by atoms with Crippen LogP contribution in [0.3, 0.4) is 0 Å². The number of rotatable bonds is 3. The number of carbonyl (C=O) groups excluding carboxylic acids is 1. The highest BCUT2D eigenvalue weighted by molar-refractivity contribution is 5.75. The van der Waals surface area contributed by atoms with Crippen molar-refractivity contribution in [2.45, 2.75) is 38.3 Å². The molecule has 2 aromatic rings. The first-order valence-electron chi connectivity index (χ1n) is 10.3. The van der Waals surface area contributed by atoms with Crippen molar-refractivity contribution < 1.29 is 9.53 Å². The van der Waals surface area contributed by atoms with E-state index in [2.05, 4.69) is 45.3 Å². The Balaban J connectivity index is 0.000000192. The van der Waals surface area contributed by atoms with Gasteiger partial charge in [0.05, 0.1) is 24.0 Å². The lowest BCUT2D eigenvalue weighted by Gasteiger charge is -2.34. The van der Waals surface area contributed by atoms with E-state index in [9.17, 15) is 4.79 Å². The fourth-order valence-electron chi connectivity index (χ4n) is 4.15. The first-order valence-corrected chi connectivity index (χ1v) is 10.3. The number of aromatic nitrogens is 2. The zero-order chi connectivity index (χ0) is 20.2. The number of hydrogen-bond donors (Lipinski definition) is 1. The molecule has 0 radical (unpaired) electrons. The minimum Gasteiger partial charge on any atom is -0.379 e. The van der Waals surface area contributed by atoms with Gasteiger partial charge in [0.15, 0.2) is 5.82 Å². The van der Waals surface area contributed by atoms with Gasteiger partial charge in [-0.25, -0.2) is 4.98 Å². The summed E-state index contributed by atoms with van der Waals surface area (Å²) in [7, 11) is 2.16. The molecule has 2 unspecified atom stereocenters. The van der Waals surface area contributed by atoms with Crippen LogP contribution in [-0.4, -0.2) is 61.8 Å². The zero-order valence-electron chi connectivity index (χ0n) is 17.2. The second-order valence-electron chi connectivity index (χ2n) is 7.93. The summed E-state index contributed by atoms with van der Waals surface area (Å²) in [4.78, 5) is 23.9. The highest BCUT2D eigenvalue weighted by atomic mass is 16.5. The predicted molar refractivity (Wildman–Crippen MR) is 114 cm³/mol. The molecule has 5 rings (SSSR count). The first kappa shape index (κ1) is 19.6. The van der Waals surface area contributed by atoms with E-state index < -0.39 is 0 Å². The summed E-state index contributed by atoms with van der Waals surface area (Å²) in [5.74, 6) is 1.11. The average Bonchev–Trinajstić information content (AvgIpc) is 3.20. The number of carbonyl (C=O) groups is 1. The minimum absolute atomic E-state index is 0.260.